The Bertz CT molecular complexity index is 1750. The summed E-state index contributed by atoms with van der Waals surface area (Å²) in [6, 6.07) is 8.79. The largest absolute Gasteiger partial charge is 0.493 e. The number of methoxy groups -OCH3 is 2. The molecule has 4 atom stereocenters. The molecular weight excluding hydrogens is 608 g/mol. The third-order valence-electron chi connectivity index (χ3n) is 7.62. The maximum absolute atomic E-state index is 13.4. The highest BCUT2D eigenvalue weighted by atomic mass is 16.7. The van der Waals surface area contributed by atoms with Crippen LogP contribution in [0.5, 0.6) is 28.7 Å². The first-order valence-corrected chi connectivity index (χ1v) is 14.2. The minimum absolute atomic E-state index is 0.0348. The second kappa shape index (κ2) is 12.3. The van der Waals surface area contributed by atoms with Crippen LogP contribution < -0.4 is 23.7 Å². The Hall–Kier alpha value is -5.24. The van der Waals surface area contributed by atoms with Gasteiger partial charge in [-0.25, -0.2) is 4.79 Å². The van der Waals surface area contributed by atoms with Gasteiger partial charge < -0.3 is 47.4 Å². The van der Waals surface area contributed by atoms with Crippen LogP contribution in [0.3, 0.4) is 0 Å². The average molecular weight is 639 g/mol. The number of fused-ring (bicyclic) bond motifs is 3. The topological polar surface area (TPSA) is 161 Å². The molecular formula is C32H30O14. The summed E-state index contributed by atoms with van der Waals surface area (Å²) >= 11 is 0. The molecule has 6 rings (SSSR count). The number of ether oxygens (including phenoxy) is 10. The maximum Gasteiger partial charge on any atom is 0.342 e. The molecule has 242 valence electrons. The van der Waals surface area contributed by atoms with E-state index in [-0.39, 0.29) is 31.3 Å². The Kier molecular flexibility index (Phi) is 8.21. The second-order valence-corrected chi connectivity index (χ2v) is 10.6. The maximum atomic E-state index is 13.4. The molecule has 1 fully saturated rings. The van der Waals surface area contributed by atoms with E-state index in [4.69, 9.17) is 47.4 Å². The van der Waals surface area contributed by atoms with Crippen molar-refractivity contribution in [2.24, 2.45) is 0 Å². The highest BCUT2D eigenvalue weighted by Gasteiger charge is 2.49. The molecule has 14 heteroatoms. The van der Waals surface area contributed by atoms with Crippen LogP contribution in [0, 0.1) is 0 Å². The van der Waals surface area contributed by atoms with E-state index in [1.807, 2.05) is 6.07 Å². The van der Waals surface area contributed by atoms with Crippen molar-refractivity contribution in [1.29, 1.82) is 0 Å². The molecule has 0 unspecified atom stereocenters. The van der Waals surface area contributed by atoms with E-state index < -0.39 is 48.5 Å². The molecule has 0 aromatic heterocycles. The molecule has 3 aliphatic heterocycles. The van der Waals surface area contributed by atoms with Gasteiger partial charge in [0.2, 0.25) is 19.2 Å². The molecule has 14 nitrogen and oxygen atoms in total. The van der Waals surface area contributed by atoms with Gasteiger partial charge in [0.05, 0.1) is 20.8 Å². The fourth-order valence-corrected chi connectivity index (χ4v) is 5.83. The predicted octanol–water partition coefficient (Wildman–Crippen LogP) is 3.45. The molecule has 0 saturated carbocycles. The van der Waals surface area contributed by atoms with Crippen molar-refractivity contribution in [3.63, 3.8) is 0 Å². The van der Waals surface area contributed by atoms with Gasteiger partial charge >= 0.3 is 23.9 Å². The molecule has 0 bridgehead atoms. The number of hydrogen-bond donors (Lipinski definition) is 0. The lowest BCUT2D eigenvalue weighted by atomic mass is 9.89. The Labute approximate surface area is 262 Å². The molecule has 0 radical (unpaired) electrons. The lowest BCUT2D eigenvalue weighted by Gasteiger charge is -2.40. The first kappa shape index (κ1) is 30.8. The van der Waals surface area contributed by atoms with Gasteiger partial charge in [0.15, 0.2) is 35.2 Å². The summed E-state index contributed by atoms with van der Waals surface area (Å²) in [6.45, 7) is 3.21. The van der Waals surface area contributed by atoms with E-state index >= 15 is 0 Å². The molecule has 0 amide bonds. The third-order valence-corrected chi connectivity index (χ3v) is 7.62. The van der Waals surface area contributed by atoms with Crippen LogP contribution >= 0.6 is 0 Å². The fourth-order valence-electron chi connectivity index (χ4n) is 5.83. The zero-order valence-corrected chi connectivity index (χ0v) is 25.5. The fraction of sp³-hybridized carbons (Fsp3) is 0.375. The van der Waals surface area contributed by atoms with Gasteiger partial charge in [0, 0.05) is 31.7 Å². The van der Waals surface area contributed by atoms with Crippen LogP contribution in [-0.2, 0) is 44.7 Å². The summed E-state index contributed by atoms with van der Waals surface area (Å²) in [4.78, 5) is 49.6. The molecule has 3 aromatic carbocycles. The number of rotatable bonds is 8. The van der Waals surface area contributed by atoms with Crippen LogP contribution in [0.1, 0.15) is 36.7 Å². The summed E-state index contributed by atoms with van der Waals surface area (Å²) in [7, 11) is 2.96. The molecule has 0 N–H and O–H groups in total. The SMILES string of the molecule is COc1cc2c(O[C@@H]3OC[C@H](OC(C)=O)[C@H](OC(C)=O)[C@H]3OC(C)=O)c3c(c(-c4ccc5c(c4)OCO5)c2cc1OC)COC3=O. The van der Waals surface area contributed by atoms with Crippen molar-refractivity contribution >= 4 is 34.6 Å². The molecule has 0 spiro atoms. The van der Waals surface area contributed by atoms with Crippen molar-refractivity contribution in [3.05, 3.63) is 41.5 Å². The van der Waals surface area contributed by atoms with Gasteiger partial charge in [-0.2, -0.15) is 0 Å². The quantitative estimate of drug-likeness (QED) is 0.261. The van der Waals surface area contributed by atoms with E-state index in [1.54, 1.807) is 24.3 Å². The summed E-state index contributed by atoms with van der Waals surface area (Å²) in [5.74, 6) is -0.929. The van der Waals surface area contributed by atoms with Crippen molar-refractivity contribution in [2.45, 2.75) is 52.0 Å². The van der Waals surface area contributed by atoms with Gasteiger partial charge in [-0.1, -0.05) is 6.07 Å². The van der Waals surface area contributed by atoms with Crippen LogP contribution in [0.2, 0.25) is 0 Å². The first-order valence-electron chi connectivity index (χ1n) is 14.2. The van der Waals surface area contributed by atoms with Gasteiger partial charge in [0.1, 0.15) is 17.9 Å². The third kappa shape index (κ3) is 5.55. The standard InChI is InChI=1S/C32H30O14/c1-14(33)43-25-12-40-32(30(45-16(3)35)29(25)44-15(2)34)46-28-19-10-23(38-5)22(37-4)9-18(19)26(20-11-39-31(36)27(20)28)17-6-7-21-24(8-17)42-13-41-21/h6-10,25,29-30,32H,11-13H2,1-5H3/t25-,29-,30+,32-/m0/s1. The highest BCUT2D eigenvalue weighted by Crippen LogP contribution is 2.49. The molecule has 3 aliphatic rings. The van der Waals surface area contributed by atoms with Gasteiger partial charge in [-0.05, 0) is 40.8 Å². The first-order chi connectivity index (χ1) is 22.1. The van der Waals surface area contributed by atoms with Crippen LogP contribution in [0.15, 0.2) is 30.3 Å². The Balaban J connectivity index is 1.55. The minimum Gasteiger partial charge on any atom is -0.493 e. The van der Waals surface area contributed by atoms with Crippen LogP contribution in [-0.4, -0.2) is 76.1 Å². The van der Waals surface area contributed by atoms with E-state index in [0.29, 0.717) is 50.5 Å². The minimum atomic E-state index is -1.43. The Morgan fingerprint density at radius 1 is 0.761 bits per heavy atom. The van der Waals surface area contributed by atoms with Gasteiger partial charge in [0.25, 0.3) is 0 Å². The summed E-state index contributed by atoms with van der Waals surface area (Å²) in [5, 5.41) is 0.997. The predicted molar refractivity (Wildman–Crippen MR) is 155 cm³/mol. The molecule has 1 saturated heterocycles. The second-order valence-electron chi connectivity index (χ2n) is 10.6. The van der Waals surface area contributed by atoms with E-state index in [2.05, 4.69) is 0 Å². The number of cyclic esters (lactones) is 1. The number of esters is 4. The van der Waals surface area contributed by atoms with E-state index in [9.17, 15) is 19.2 Å². The number of benzene rings is 3. The zero-order chi connectivity index (χ0) is 32.7. The van der Waals surface area contributed by atoms with Gasteiger partial charge in [-0.15, -0.1) is 0 Å². The number of carbonyl (C=O) groups is 4. The van der Waals surface area contributed by atoms with Crippen molar-refractivity contribution in [2.75, 3.05) is 27.6 Å². The van der Waals surface area contributed by atoms with E-state index in [0.717, 1.165) is 13.8 Å². The van der Waals surface area contributed by atoms with Crippen molar-refractivity contribution < 1.29 is 66.5 Å². The summed E-state index contributed by atoms with van der Waals surface area (Å²) in [5.41, 5.74) is 1.96. The normalized spacial score (nSPS) is 21.2. The molecule has 0 aliphatic carbocycles. The van der Waals surface area contributed by atoms with Crippen molar-refractivity contribution in [1.82, 2.24) is 0 Å². The molecule has 3 aromatic rings. The lowest BCUT2D eigenvalue weighted by molar-refractivity contribution is -0.259. The molecule has 46 heavy (non-hydrogen) atoms. The highest BCUT2D eigenvalue weighted by molar-refractivity contribution is 6.12. The van der Waals surface area contributed by atoms with Crippen molar-refractivity contribution in [3.8, 4) is 39.9 Å². The zero-order valence-electron chi connectivity index (χ0n) is 25.5. The van der Waals surface area contributed by atoms with Crippen LogP contribution in [0.4, 0.5) is 0 Å². The number of carbonyl (C=O) groups excluding carboxylic acids is 4. The van der Waals surface area contributed by atoms with Crippen LogP contribution in [0.25, 0.3) is 21.9 Å². The smallest absolute Gasteiger partial charge is 0.342 e. The molecule has 3 heterocycles. The van der Waals surface area contributed by atoms with Gasteiger partial charge in [-0.3, -0.25) is 14.4 Å². The van der Waals surface area contributed by atoms with E-state index in [1.165, 1.54) is 21.1 Å². The summed E-state index contributed by atoms with van der Waals surface area (Å²) in [6.07, 6.45) is -5.24. The Morgan fingerprint density at radius 3 is 2.09 bits per heavy atom. The number of hydrogen-bond acceptors (Lipinski definition) is 14. The summed E-state index contributed by atoms with van der Waals surface area (Å²) < 4.78 is 56.5. The lowest BCUT2D eigenvalue weighted by Crippen LogP contribution is -2.59. The average Bonchev–Trinajstić information content (AvgIpc) is 3.64. The monoisotopic (exact) mass is 638 g/mol. The Morgan fingerprint density at radius 2 is 1.41 bits per heavy atom.